The normalized spacial score (nSPS) is 16.0. The van der Waals surface area contributed by atoms with E-state index in [0.29, 0.717) is 5.92 Å². The molecule has 0 rings (SSSR count). The maximum absolute atomic E-state index is 11.6. The Kier molecular flexibility index (Phi) is 9.21. The van der Waals surface area contributed by atoms with Gasteiger partial charge in [-0.05, 0) is 17.8 Å². The summed E-state index contributed by atoms with van der Waals surface area (Å²) < 4.78 is 9.52. The Morgan fingerprint density at radius 3 is 2.18 bits per heavy atom. The molecule has 128 valence electrons. The maximum atomic E-state index is 11.6. The number of hydrogen-bond donors (Lipinski definition) is 2. The fraction of sp³-hybridized carbons (Fsp3) is 0.800. The number of carbonyl (C=O) groups excluding carboxylic acids is 2. The number of carbonyl (C=O) groups is 3. The quantitative estimate of drug-likeness (QED) is 0.500. The van der Waals surface area contributed by atoms with E-state index in [1.54, 1.807) is 0 Å². The average molecular weight is 317 g/mol. The summed E-state index contributed by atoms with van der Waals surface area (Å²) in [5, 5.41) is 11.5. The molecule has 0 saturated heterocycles. The molecule has 0 aromatic rings. The molecule has 0 unspecified atom stereocenters. The molecule has 0 aromatic heterocycles. The molecule has 0 saturated carbocycles. The first kappa shape index (κ1) is 20.2. The van der Waals surface area contributed by atoms with Crippen molar-refractivity contribution in [3.05, 3.63) is 0 Å². The minimum Gasteiger partial charge on any atom is -0.481 e. The topological polar surface area (TPSA) is 102 Å². The van der Waals surface area contributed by atoms with Crippen molar-refractivity contribution in [3.8, 4) is 0 Å². The second kappa shape index (κ2) is 10.0. The summed E-state index contributed by atoms with van der Waals surface area (Å²) in [5.74, 6) is -1.14. The van der Waals surface area contributed by atoms with Gasteiger partial charge in [0.15, 0.2) is 0 Å². The standard InChI is InChI=1S/C15H27NO6/c1-6-9(2)10(3)13(7-14(18)19)8-16-15(20)22-12(5)21-11(4)17/h9-10,12-13H,6-8H2,1-5H3,(H,16,20)(H,18,19)/t9-,10-,12+,13+/m1/s1. The van der Waals surface area contributed by atoms with Gasteiger partial charge in [0.05, 0.1) is 6.42 Å². The third-order valence-electron chi connectivity index (χ3n) is 3.84. The molecular formula is C15H27NO6. The SMILES string of the molecule is CC[C@@H](C)[C@@H](C)[C@H](CNC(=O)O[C@@H](C)OC(C)=O)CC(=O)O. The van der Waals surface area contributed by atoms with Gasteiger partial charge >= 0.3 is 18.0 Å². The average Bonchev–Trinajstić information content (AvgIpc) is 2.40. The monoisotopic (exact) mass is 317 g/mol. The number of ether oxygens (including phenoxy) is 2. The Morgan fingerprint density at radius 1 is 1.14 bits per heavy atom. The van der Waals surface area contributed by atoms with E-state index in [1.807, 2.05) is 13.8 Å². The molecular weight excluding hydrogens is 290 g/mol. The smallest absolute Gasteiger partial charge is 0.410 e. The number of carboxylic acids is 1. The second-order valence-electron chi connectivity index (χ2n) is 5.57. The van der Waals surface area contributed by atoms with Gasteiger partial charge in [-0.25, -0.2) is 4.79 Å². The molecule has 0 aliphatic heterocycles. The van der Waals surface area contributed by atoms with Crippen molar-refractivity contribution in [2.45, 2.75) is 53.8 Å². The van der Waals surface area contributed by atoms with Gasteiger partial charge in [0.25, 0.3) is 0 Å². The van der Waals surface area contributed by atoms with E-state index in [-0.39, 0.29) is 24.8 Å². The third kappa shape index (κ3) is 8.49. The van der Waals surface area contributed by atoms with Crippen molar-refractivity contribution in [1.82, 2.24) is 5.32 Å². The lowest BCUT2D eigenvalue weighted by Crippen LogP contribution is -2.37. The summed E-state index contributed by atoms with van der Waals surface area (Å²) in [5.41, 5.74) is 0. The predicted molar refractivity (Wildman–Crippen MR) is 80.1 cm³/mol. The highest BCUT2D eigenvalue weighted by atomic mass is 16.7. The van der Waals surface area contributed by atoms with Crippen LogP contribution >= 0.6 is 0 Å². The molecule has 0 aromatic carbocycles. The number of amides is 1. The molecule has 1 amide bonds. The molecule has 0 heterocycles. The minimum absolute atomic E-state index is 0.0225. The van der Waals surface area contributed by atoms with E-state index < -0.39 is 24.3 Å². The second-order valence-corrected chi connectivity index (χ2v) is 5.57. The third-order valence-corrected chi connectivity index (χ3v) is 3.84. The molecule has 2 N–H and O–H groups in total. The van der Waals surface area contributed by atoms with E-state index in [4.69, 9.17) is 9.84 Å². The molecule has 0 bridgehead atoms. The van der Waals surface area contributed by atoms with Crippen LogP contribution in [0, 0.1) is 17.8 Å². The van der Waals surface area contributed by atoms with Gasteiger partial charge in [-0.3, -0.25) is 9.59 Å². The van der Waals surface area contributed by atoms with Crippen molar-refractivity contribution in [2.75, 3.05) is 6.54 Å². The van der Waals surface area contributed by atoms with Crippen LogP contribution in [0.25, 0.3) is 0 Å². The van der Waals surface area contributed by atoms with Crippen molar-refractivity contribution in [1.29, 1.82) is 0 Å². The Hall–Kier alpha value is -1.79. The molecule has 4 atom stereocenters. The fourth-order valence-electron chi connectivity index (χ4n) is 2.17. The number of hydrogen-bond acceptors (Lipinski definition) is 5. The van der Waals surface area contributed by atoms with Crippen molar-refractivity contribution < 1.29 is 29.0 Å². The van der Waals surface area contributed by atoms with Crippen molar-refractivity contribution in [3.63, 3.8) is 0 Å². The lowest BCUT2D eigenvalue weighted by Gasteiger charge is -2.27. The summed E-state index contributed by atoms with van der Waals surface area (Å²) in [4.78, 5) is 33.3. The van der Waals surface area contributed by atoms with Crippen molar-refractivity contribution in [2.24, 2.45) is 17.8 Å². The predicted octanol–water partition coefficient (Wildman–Crippen LogP) is 2.39. The van der Waals surface area contributed by atoms with Gasteiger partial charge in [-0.1, -0.05) is 27.2 Å². The van der Waals surface area contributed by atoms with Crippen LogP contribution in [0.3, 0.4) is 0 Å². The van der Waals surface area contributed by atoms with Crippen LogP contribution in [-0.4, -0.2) is 36.0 Å². The number of esters is 1. The first-order valence-corrected chi connectivity index (χ1v) is 7.50. The zero-order valence-corrected chi connectivity index (χ0v) is 13.9. The number of carboxylic acid groups (broad SMARTS) is 1. The highest BCUT2D eigenvalue weighted by molar-refractivity contribution is 5.69. The first-order valence-electron chi connectivity index (χ1n) is 7.50. The van der Waals surface area contributed by atoms with Gasteiger partial charge in [0, 0.05) is 20.4 Å². The lowest BCUT2D eigenvalue weighted by molar-refractivity contribution is -0.162. The molecule has 7 nitrogen and oxygen atoms in total. The van der Waals surface area contributed by atoms with E-state index in [0.717, 1.165) is 6.42 Å². The summed E-state index contributed by atoms with van der Waals surface area (Å²) in [6.45, 7) is 8.92. The van der Waals surface area contributed by atoms with Crippen molar-refractivity contribution >= 4 is 18.0 Å². The van der Waals surface area contributed by atoms with Gasteiger partial charge < -0.3 is 19.9 Å². The van der Waals surface area contributed by atoms with Crippen LogP contribution < -0.4 is 5.32 Å². The highest BCUT2D eigenvalue weighted by Crippen LogP contribution is 2.25. The van der Waals surface area contributed by atoms with Crippen LogP contribution in [0.4, 0.5) is 4.79 Å². The molecule has 0 radical (unpaired) electrons. The lowest BCUT2D eigenvalue weighted by atomic mass is 9.81. The van der Waals surface area contributed by atoms with Gasteiger partial charge in [-0.2, -0.15) is 0 Å². The zero-order chi connectivity index (χ0) is 17.3. The van der Waals surface area contributed by atoms with E-state index in [9.17, 15) is 14.4 Å². The van der Waals surface area contributed by atoms with E-state index in [1.165, 1.54) is 13.8 Å². The molecule has 0 fully saturated rings. The Labute approximate surface area is 131 Å². The van der Waals surface area contributed by atoms with Crippen LogP contribution in [0.1, 0.15) is 47.5 Å². The number of nitrogens with one attached hydrogen (secondary N) is 1. The molecule has 22 heavy (non-hydrogen) atoms. The Bertz CT molecular complexity index is 384. The van der Waals surface area contributed by atoms with Gasteiger partial charge in [0.2, 0.25) is 6.29 Å². The largest absolute Gasteiger partial charge is 0.481 e. The van der Waals surface area contributed by atoms with Crippen LogP contribution in [0.15, 0.2) is 0 Å². The summed E-state index contributed by atoms with van der Waals surface area (Å²) >= 11 is 0. The number of aliphatic carboxylic acids is 1. The van der Waals surface area contributed by atoms with E-state index in [2.05, 4.69) is 17.0 Å². The molecule has 0 aliphatic carbocycles. The van der Waals surface area contributed by atoms with Crippen LogP contribution in [0.5, 0.6) is 0 Å². The summed E-state index contributed by atoms with van der Waals surface area (Å²) in [6, 6.07) is 0. The van der Waals surface area contributed by atoms with Crippen LogP contribution in [0.2, 0.25) is 0 Å². The van der Waals surface area contributed by atoms with Crippen LogP contribution in [-0.2, 0) is 19.1 Å². The van der Waals surface area contributed by atoms with E-state index >= 15 is 0 Å². The first-order chi connectivity index (χ1) is 10.2. The fourth-order valence-corrected chi connectivity index (χ4v) is 2.17. The van der Waals surface area contributed by atoms with Gasteiger partial charge in [-0.15, -0.1) is 0 Å². The summed E-state index contributed by atoms with van der Waals surface area (Å²) in [7, 11) is 0. The Balaban J connectivity index is 4.46. The number of alkyl carbamates (subject to hydrolysis) is 1. The highest BCUT2D eigenvalue weighted by Gasteiger charge is 2.25. The molecule has 0 spiro atoms. The minimum atomic E-state index is -0.984. The zero-order valence-electron chi connectivity index (χ0n) is 13.9. The molecule has 7 heteroatoms. The molecule has 0 aliphatic rings. The Morgan fingerprint density at radius 2 is 1.73 bits per heavy atom. The maximum Gasteiger partial charge on any atom is 0.410 e. The summed E-state index contributed by atoms with van der Waals surface area (Å²) in [6.07, 6.45) is -0.806. The number of rotatable bonds is 9. The van der Waals surface area contributed by atoms with Gasteiger partial charge in [0.1, 0.15) is 0 Å².